The first-order valence-electron chi connectivity index (χ1n) is 6.66. The fraction of sp³-hybridized carbons (Fsp3) is 0.500. The van der Waals surface area contributed by atoms with Crippen molar-refractivity contribution in [2.24, 2.45) is 11.7 Å². The first-order chi connectivity index (χ1) is 8.90. The van der Waals surface area contributed by atoms with E-state index in [1.54, 1.807) is 0 Å². The van der Waals surface area contributed by atoms with Gasteiger partial charge in [0.15, 0.2) is 5.78 Å². The molecule has 0 amide bonds. The summed E-state index contributed by atoms with van der Waals surface area (Å²) < 4.78 is 11.4. The van der Waals surface area contributed by atoms with E-state index in [-0.39, 0.29) is 24.6 Å². The Balaban J connectivity index is 2.20. The Bertz CT molecular complexity index is 488. The van der Waals surface area contributed by atoms with Crippen LogP contribution in [0.25, 0.3) is 0 Å². The van der Waals surface area contributed by atoms with Crippen molar-refractivity contribution in [3.63, 3.8) is 0 Å². The maximum Gasteiger partial charge on any atom is 0.597 e. The van der Waals surface area contributed by atoms with Gasteiger partial charge in [-0.05, 0) is 17.7 Å². The zero-order valence-electron chi connectivity index (χ0n) is 11.8. The predicted molar refractivity (Wildman–Crippen MR) is 75.3 cm³/mol. The van der Waals surface area contributed by atoms with Gasteiger partial charge in [0.05, 0.1) is 6.04 Å². The summed E-state index contributed by atoms with van der Waals surface area (Å²) in [7, 11) is -0.262. The van der Waals surface area contributed by atoms with E-state index in [0.717, 1.165) is 5.56 Å². The molecule has 0 bridgehead atoms. The van der Waals surface area contributed by atoms with Gasteiger partial charge in [0.1, 0.15) is 11.5 Å². The molecule has 19 heavy (non-hydrogen) atoms. The first kappa shape index (κ1) is 13.9. The minimum Gasteiger partial charge on any atom is -0.523 e. The predicted octanol–water partition coefficient (Wildman–Crippen LogP) is 2.58. The monoisotopic (exact) mass is 261 g/mol. The van der Waals surface area contributed by atoms with Crippen molar-refractivity contribution in [1.82, 2.24) is 0 Å². The first-order valence-corrected chi connectivity index (χ1v) is 6.66. The highest BCUT2D eigenvalue weighted by Crippen LogP contribution is 2.37. The smallest absolute Gasteiger partial charge is 0.523 e. The van der Waals surface area contributed by atoms with Gasteiger partial charge in [0.25, 0.3) is 0 Å². The Morgan fingerprint density at radius 3 is 2.37 bits per heavy atom. The van der Waals surface area contributed by atoms with Gasteiger partial charge in [-0.2, -0.15) is 0 Å². The minimum atomic E-state index is -0.605. The van der Waals surface area contributed by atoms with Gasteiger partial charge < -0.3 is 15.0 Å². The summed E-state index contributed by atoms with van der Waals surface area (Å²) in [4.78, 5) is 11.9. The molecule has 2 rings (SSSR count). The number of benzene rings is 1. The number of ketones is 1. The van der Waals surface area contributed by atoms with Crippen LogP contribution in [0.1, 0.15) is 39.3 Å². The molecule has 5 heteroatoms. The van der Waals surface area contributed by atoms with Gasteiger partial charge >= 0.3 is 7.12 Å². The highest BCUT2D eigenvalue weighted by Gasteiger charge is 2.35. The van der Waals surface area contributed by atoms with Crippen LogP contribution in [0.5, 0.6) is 11.5 Å². The molecule has 0 radical (unpaired) electrons. The maximum atomic E-state index is 11.9. The Labute approximate surface area is 114 Å². The average Bonchev–Trinajstić information content (AvgIpc) is 2.79. The molecular formula is C14H20BNO3. The number of rotatable bonds is 4. The number of hydrogen-bond acceptors (Lipinski definition) is 4. The zero-order chi connectivity index (χ0) is 14.2. The number of Topliss-reactive ketones (excluding diaryl/α,β-unsaturated/α-hetero) is 1. The van der Waals surface area contributed by atoms with E-state index in [4.69, 9.17) is 15.0 Å². The highest BCUT2D eigenvalue weighted by atomic mass is 16.6. The summed E-state index contributed by atoms with van der Waals surface area (Å²) in [5.41, 5.74) is 6.75. The quantitative estimate of drug-likeness (QED) is 0.846. The summed E-state index contributed by atoms with van der Waals surface area (Å²) in [6.07, 6.45) is 0. The van der Waals surface area contributed by atoms with Crippen molar-refractivity contribution in [2.45, 2.75) is 39.6 Å². The summed E-state index contributed by atoms with van der Waals surface area (Å²) >= 11 is 0. The molecule has 0 aromatic heterocycles. The van der Waals surface area contributed by atoms with E-state index < -0.39 is 6.04 Å². The summed E-state index contributed by atoms with van der Waals surface area (Å²) in [6.45, 7) is 7.77. The van der Waals surface area contributed by atoms with E-state index in [2.05, 4.69) is 0 Å². The SMILES string of the molecule is CC(C)B1Oc2ccc([C@H](N)C(=O)C(C)C)cc2O1. The standard InChI is InChI=1S/C14H20BNO3/c1-8(2)14(17)13(16)10-5-6-11-12(7-10)19-15(18-11)9(3)4/h5-9,13H,16H2,1-4H3/t13-/m0/s1. The molecule has 0 saturated heterocycles. The van der Waals surface area contributed by atoms with Crippen LogP contribution in [0.4, 0.5) is 0 Å². The fourth-order valence-corrected chi connectivity index (χ4v) is 1.98. The van der Waals surface area contributed by atoms with Gasteiger partial charge in [-0.25, -0.2) is 0 Å². The second-order valence-corrected chi connectivity index (χ2v) is 5.59. The molecule has 0 fully saturated rings. The van der Waals surface area contributed by atoms with Crippen LogP contribution in [0.2, 0.25) is 5.82 Å². The molecular weight excluding hydrogens is 241 g/mol. The minimum absolute atomic E-state index is 0.0271. The van der Waals surface area contributed by atoms with E-state index in [0.29, 0.717) is 11.5 Å². The lowest BCUT2D eigenvalue weighted by Gasteiger charge is -2.14. The third-order valence-corrected chi connectivity index (χ3v) is 3.23. The van der Waals surface area contributed by atoms with E-state index in [1.807, 2.05) is 45.9 Å². The summed E-state index contributed by atoms with van der Waals surface area (Å²) in [6, 6.07) is 4.85. The zero-order valence-corrected chi connectivity index (χ0v) is 11.8. The third-order valence-electron chi connectivity index (χ3n) is 3.23. The third kappa shape index (κ3) is 2.76. The van der Waals surface area contributed by atoms with E-state index in [9.17, 15) is 4.79 Å². The van der Waals surface area contributed by atoms with Crippen LogP contribution < -0.4 is 15.0 Å². The van der Waals surface area contributed by atoms with Gasteiger partial charge in [-0.1, -0.05) is 33.8 Å². The number of carbonyl (C=O) groups is 1. The Morgan fingerprint density at radius 1 is 1.16 bits per heavy atom. The van der Waals surface area contributed by atoms with Crippen LogP contribution in [-0.4, -0.2) is 12.9 Å². The van der Waals surface area contributed by atoms with Crippen LogP contribution >= 0.6 is 0 Å². The van der Waals surface area contributed by atoms with Crippen molar-refractivity contribution >= 4 is 12.9 Å². The van der Waals surface area contributed by atoms with Crippen LogP contribution in [0, 0.1) is 5.92 Å². The number of carbonyl (C=O) groups excluding carboxylic acids is 1. The normalized spacial score (nSPS) is 15.2. The molecule has 1 aromatic rings. The van der Waals surface area contributed by atoms with Crippen molar-refractivity contribution in [3.8, 4) is 11.5 Å². The molecule has 1 atom stereocenters. The Hall–Kier alpha value is -1.49. The summed E-state index contributed by atoms with van der Waals surface area (Å²) in [5.74, 6) is 1.60. The Morgan fingerprint density at radius 2 is 1.79 bits per heavy atom. The van der Waals surface area contributed by atoms with Gasteiger partial charge in [-0.3, -0.25) is 4.79 Å². The van der Waals surface area contributed by atoms with Crippen molar-refractivity contribution in [1.29, 1.82) is 0 Å². The lowest BCUT2D eigenvalue weighted by atomic mass is 9.75. The van der Waals surface area contributed by atoms with Crippen LogP contribution in [0.3, 0.4) is 0 Å². The van der Waals surface area contributed by atoms with Gasteiger partial charge in [-0.15, -0.1) is 0 Å². The molecule has 1 aliphatic rings. The van der Waals surface area contributed by atoms with Crippen molar-refractivity contribution in [3.05, 3.63) is 23.8 Å². The van der Waals surface area contributed by atoms with Crippen LogP contribution in [0.15, 0.2) is 18.2 Å². The second kappa shape index (κ2) is 5.25. The highest BCUT2D eigenvalue weighted by molar-refractivity contribution is 6.49. The average molecular weight is 261 g/mol. The molecule has 0 saturated carbocycles. The number of hydrogen-bond donors (Lipinski definition) is 1. The molecule has 0 unspecified atom stereocenters. The summed E-state index contributed by atoms with van der Waals surface area (Å²) in [5, 5.41) is 0. The van der Waals surface area contributed by atoms with Crippen molar-refractivity contribution < 1.29 is 14.1 Å². The second-order valence-electron chi connectivity index (χ2n) is 5.59. The fourth-order valence-electron chi connectivity index (χ4n) is 1.98. The number of fused-ring (bicyclic) bond motifs is 1. The van der Waals surface area contributed by atoms with Crippen LogP contribution in [-0.2, 0) is 4.79 Å². The molecule has 1 aliphatic heterocycles. The van der Waals surface area contributed by atoms with Gasteiger partial charge in [0, 0.05) is 11.7 Å². The number of nitrogens with two attached hydrogens (primary N) is 1. The largest absolute Gasteiger partial charge is 0.597 e. The molecule has 4 nitrogen and oxygen atoms in total. The Kier molecular flexibility index (Phi) is 3.85. The van der Waals surface area contributed by atoms with E-state index >= 15 is 0 Å². The van der Waals surface area contributed by atoms with Crippen molar-refractivity contribution in [2.75, 3.05) is 0 Å². The molecule has 1 heterocycles. The maximum absolute atomic E-state index is 11.9. The molecule has 1 aromatic carbocycles. The van der Waals surface area contributed by atoms with E-state index in [1.165, 1.54) is 0 Å². The molecule has 102 valence electrons. The topological polar surface area (TPSA) is 61.5 Å². The molecule has 2 N–H and O–H groups in total. The lowest BCUT2D eigenvalue weighted by Crippen LogP contribution is -2.27. The lowest BCUT2D eigenvalue weighted by molar-refractivity contribution is -0.123. The molecule has 0 aliphatic carbocycles. The molecule has 0 spiro atoms. The van der Waals surface area contributed by atoms with Gasteiger partial charge in [0.2, 0.25) is 0 Å².